The second-order valence-corrected chi connectivity index (χ2v) is 8.79. The average Bonchev–Trinajstić information content (AvgIpc) is 3.28. The van der Waals surface area contributed by atoms with Gasteiger partial charge in [-0.2, -0.15) is 5.10 Å². The van der Waals surface area contributed by atoms with E-state index in [4.69, 9.17) is 0 Å². The number of nitrogens with zero attached hydrogens (tertiary/aromatic N) is 4. The second kappa shape index (κ2) is 7.93. The van der Waals surface area contributed by atoms with Crippen molar-refractivity contribution >= 4 is 23.5 Å². The Morgan fingerprint density at radius 2 is 1.89 bits per heavy atom. The summed E-state index contributed by atoms with van der Waals surface area (Å²) in [7, 11) is 0. The van der Waals surface area contributed by atoms with Crippen molar-refractivity contribution in [2.24, 2.45) is 5.41 Å². The highest BCUT2D eigenvalue weighted by atomic mass is 16.2. The standard InChI is InChI=1S/C20H31N5O3/c1-14(24-11-5-6-17(24)26)18(27)23-12-8-15(9-13-23)25-16(7-10-21-25)22-19(28)20(2,3)4/h7,10,14-15H,5-6,8-9,11-13H2,1-4H3,(H,22,28)/t14-/m0/s1. The zero-order valence-corrected chi connectivity index (χ0v) is 17.3. The Kier molecular flexibility index (Phi) is 5.76. The third-order valence-electron chi connectivity index (χ3n) is 5.65. The summed E-state index contributed by atoms with van der Waals surface area (Å²) in [5.41, 5.74) is -0.478. The van der Waals surface area contributed by atoms with Crippen LogP contribution in [0.3, 0.4) is 0 Å². The van der Waals surface area contributed by atoms with Crippen LogP contribution >= 0.6 is 0 Å². The molecule has 1 atom stereocenters. The highest BCUT2D eigenvalue weighted by Gasteiger charge is 2.34. The Labute approximate surface area is 166 Å². The van der Waals surface area contributed by atoms with E-state index in [0.29, 0.717) is 31.9 Å². The zero-order chi connectivity index (χ0) is 20.5. The van der Waals surface area contributed by atoms with Crippen molar-refractivity contribution in [1.29, 1.82) is 0 Å². The average molecular weight is 390 g/mol. The first-order valence-electron chi connectivity index (χ1n) is 10.1. The number of hydrogen-bond acceptors (Lipinski definition) is 4. The molecular weight excluding hydrogens is 358 g/mol. The summed E-state index contributed by atoms with van der Waals surface area (Å²) >= 11 is 0. The summed E-state index contributed by atoms with van der Waals surface area (Å²) in [6.07, 6.45) is 4.61. The number of carbonyl (C=O) groups excluding carboxylic acids is 3. The third kappa shape index (κ3) is 4.20. The molecule has 0 aliphatic carbocycles. The van der Waals surface area contributed by atoms with Gasteiger partial charge in [-0.05, 0) is 26.2 Å². The molecule has 1 aromatic heterocycles. The second-order valence-electron chi connectivity index (χ2n) is 8.79. The minimum atomic E-state index is -0.478. The molecule has 0 saturated carbocycles. The third-order valence-corrected chi connectivity index (χ3v) is 5.65. The van der Waals surface area contributed by atoms with Crippen LogP contribution in [0, 0.1) is 5.41 Å². The van der Waals surface area contributed by atoms with Crippen LogP contribution in [0.5, 0.6) is 0 Å². The van der Waals surface area contributed by atoms with Crippen LogP contribution in [-0.4, -0.2) is 63.0 Å². The Bertz CT molecular complexity index is 743. The van der Waals surface area contributed by atoms with Gasteiger partial charge in [0.1, 0.15) is 11.9 Å². The van der Waals surface area contributed by atoms with Crippen LogP contribution in [0.2, 0.25) is 0 Å². The Balaban J connectivity index is 1.59. The summed E-state index contributed by atoms with van der Waals surface area (Å²) in [5.74, 6) is 0.744. The lowest BCUT2D eigenvalue weighted by Gasteiger charge is -2.36. The molecule has 2 saturated heterocycles. The first kappa shape index (κ1) is 20.4. The van der Waals surface area contributed by atoms with E-state index in [-0.39, 0.29) is 23.8 Å². The van der Waals surface area contributed by atoms with E-state index in [9.17, 15) is 14.4 Å². The quantitative estimate of drug-likeness (QED) is 0.854. The van der Waals surface area contributed by atoms with Crippen LogP contribution in [0.4, 0.5) is 5.82 Å². The zero-order valence-electron chi connectivity index (χ0n) is 17.3. The van der Waals surface area contributed by atoms with Crippen molar-refractivity contribution in [3.05, 3.63) is 12.3 Å². The SMILES string of the molecule is C[C@@H](C(=O)N1CCC(n2nccc2NC(=O)C(C)(C)C)CC1)N1CCCC1=O. The predicted molar refractivity (Wildman–Crippen MR) is 106 cm³/mol. The van der Waals surface area contributed by atoms with E-state index in [1.807, 2.05) is 43.3 Å². The molecule has 0 unspecified atom stereocenters. The molecule has 0 spiro atoms. The number of piperidine rings is 1. The van der Waals surface area contributed by atoms with Crippen molar-refractivity contribution in [3.8, 4) is 0 Å². The summed E-state index contributed by atoms with van der Waals surface area (Å²) in [6.45, 7) is 9.38. The van der Waals surface area contributed by atoms with Gasteiger partial charge in [-0.25, -0.2) is 4.68 Å². The first-order valence-corrected chi connectivity index (χ1v) is 10.1. The fourth-order valence-electron chi connectivity index (χ4n) is 3.81. The molecule has 3 heterocycles. The maximum atomic E-state index is 12.8. The van der Waals surface area contributed by atoms with Crippen LogP contribution < -0.4 is 5.32 Å². The normalized spacial score (nSPS) is 19.8. The highest BCUT2D eigenvalue weighted by molar-refractivity contribution is 5.93. The molecular formula is C20H31N5O3. The fraction of sp³-hybridized carbons (Fsp3) is 0.700. The molecule has 2 fully saturated rings. The first-order chi connectivity index (χ1) is 13.2. The molecule has 28 heavy (non-hydrogen) atoms. The number of likely N-dealkylation sites (tertiary alicyclic amines) is 2. The van der Waals surface area contributed by atoms with Gasteiger partial charge in [0.2, 0.25) is 17.7 Å². The monoisotopic (exact) mass is 389 g/mol. The topological polar surface area (TPSA) is 87.5 Å². The summed E-state index contributed by atoms with van der Waals surface area (Å²) in [4.78, 5) is 40.6. The van der Waals surface area contributed by atoms with Crippen molar-refractivity contribution in [2.45, 2.75) is 65.5 Å². The lowest BCUT2D eigenvalue weighted by molar-refractivity contribution is -0.143. The van der Waals surface area contributed by atoms with Gasteiger partial charge in [-0.1, -0.05) is 20.8 Å². The molecule has 2 aliphatic heterocycles. The molecule has 0 aromatic carbocycles. The molecule has 3 rings (SSSR count). The van der Waals surface area contributed by atoms with Crippen molar-refractivity contribution in [3.63, 3.8) is 0 Å². The number of carbonyl (C=O) groups is 3. The lowest BCUT2D eigenvalue weighted by Crippen LogP contribution is -2.50. The largest absolute Gasteiger partial charge is 0.341 e. The minimum Gasteiger partial charge on any atom is -0.341 e. The van der Waals surface area contributed by atoms with Gasteiger partial charge in [0, 0.05) is 37.5 Å². The van der Waals surface area contributed by atoms with Gasteiger partial charge in [0.25, 0.3) is 0 Å². The Morgan fingerprint density at radius 3 is 2.46 bits per heavy atom. The number of aromatic nitrogens is 2. The smallest absolute Gasteiger partial charge is 0.245 e. The summed E-state index contributed by atoms with van der Waals surface area (Å²) in [6, 6.07) is 1.55. The highest BCUT2D eigenvalue weighted by Crippen LogP contribution is 2.27. The molecule has 0 radical (unpaired) electrons. The summed E-state index contributed by atoms with van der Waals surface area (Å²) < 4.78 is 1.86. The number of anilines is 1. The molecule has 8 nitrogen and oxygen atoms in total. The Morgan fingerprint density at radius 1 is 1.21 bits per heavy atom. The van der Waals surface area contributed by atoms with E-state index in [1.54, 1.807) is 11.1 Å². The molecule has 2 aliphatic rings. The van der Waals surface area contributed by atoms with Crippen molar-refractivity contribution in [1.82, 2.24) is 19.6 Å². The predicted octanol–water partition coefficient (Wildman–Crippen LogP) is 2.04. The van der Waals surface area contributed by atoms with E-state index >= 15 is 0 Å². The van der Waals surface area contributed by atoms with Gasteiger partial charge in [0.15, 0.2) is 0 Å². The molecule has 3 amide bonds. The number of amides is 3. The van der Waals surface area contributed by atoms with Gasteiger partial charge in [0.05, 0.1) is 12.2 Å². The van der Waals surface area contributed by atoms with E-state index in [1.165, 1.54) is 0 Å². The Hall–Kier alpha value is -2.38. The van der Waals surface area contributed by atoms with Crippen molar-refractivity contribution < 1.29 is 14.4 Å². The molecule has 154 valence electrons. The number of rotatable bonds is 4. The van der Waals surface area contributed by atoms with E-state index in [2.05, 4.69) is 10.4 Å². The van der Waals surface area contributed by atoms with Gasteiger partial charge in [-0.15, -0.1) is 0 Å². The van der Waals surface area contributed by atoms with Gasteiger partial charge >= 0.3 is 0 Å². The maximum Gasteiger partial charge on any atom is 0.245 e. The van der Waals surface area contributed by atoms with Crippen LogP contribution in [0.1, 0.15) is 59.4 Å². The van der Waals surface area contributed by atoms with Gasteiger partial charge in [-0.3, -0.25) is 14.4 Å². The number of nitrogens with one attached hydrogen (secondary N) is 1. The van der Waals surface area contributed by atoms with Crippen LogP contribution in [0.25, 0.3) is 0 Å². The van der Waals surface area contributed by atoms with Gasteiger partial charge < -0.3 is 15.1 Å². The molecule has 0 bridgehead atoms. The lowest BCUT2D eigenvalue weighted by atomic mass is 9.96. The molecule has 1 aromatic rings. The van der Waals surface area contributed by atoms with Crippen LogP contribution in [0.15, 0.2) is 12.3 Å². The van der Waals surface area contributed by atoms with Crippen molar-refractivity contribution in [2.75, 3.05) is 25.0 Å². The van der Waals surface area contributed by atoms with E-state index in [0.717, 1.165) is 19.3 Å². The number of hydrogen-bond donors (Lipinski definition) is 1. The fourth-order valence-corrected chi connectivity index (χ4v) is 3.81. The minimum absolute atomic E-state index is 0.0235. The molecule has 8 heteroatoms. The van der Waals surface area contributed by atoms with E-state index < -0.39 is 11.5 Å². The van der Waals surface area contributed by atoms with Crippen LogP contribution in [-0.2, 0) is 14.4 Å². The molecule has 1 N–H and O–H groups in total. The maximum absolute atomic E-state index is 12.8. The summed E-state index contributed by atoms with van der Waals surface area (Å²) in [5, 5.41) is 7.36.